The second kappa shape index (κ2) is 6.79. The van der Waals surface area contributed by atoms with Crippen molar-refractivity contribution < 1.29 is 14.0 Å². The van der Waals surface area contributed by atoms with Crippen molar-refractivity contribution in [1.29, 1.82) is 0 Å². The minimum atomic E-state index is -0.538. The van der Waals surface area contributed by atoms with Crippen LogP contribution in [-0.2, 0) is 4.79 Å². The SMILES string of the molecule is CC1(C)[C@@H]2CC[C@]1(C)/C(=N/N=C1\NC(=O)[C@H](CC(=O)c3ccc(F)cc3)S1)C2. The lowest BCUT2D eigenvalue weighted by atomic mass is 9.70. The first kappa shape index (κ1) is 19.3. The summed E-state index contributed by atoms with van der Waals surface area (Å²) in [6.45, 7) is 6.89. The summed E-state index contributed by atoms with van der Waals surface area (Å²) in [4.78, 5) is 24.6. The zero-order valence-corrected chi connectivity index (χ0v) is 17.1. The minimum absolute atomic E-state index is 0.0462. The van der Waals surface area contributed by atoms with Gasteiger partial charge in [0.05, 0.1) is 5.25 Å². The number of halogens is 1. The Bertz CT molecular complexity index is 893. The first-order valence-electron chi connectivity index (χ1n) is 9.62. The Morgan fingerprint density at radius 2 is 1.96 bits per heavy atom. The van der Waals surface area contributed by atoms with Gasteiger partial charge in [-0.2, -0.15) is 5.10 Å². The van der Waals surface area contributed by atoms with Crippen molar-refractivity contribution in [1.82, 2.24) is 5.32 Å². The number of hydrogen-bond acceptors (Lipinski definition) is 5. The number of nitrogens with one attached hydrogen (secondary N) is 1. The van der Waals surface area contributed by atoms with Crippen LogP contribution in [0.15, 0.2) is 34.5 Å². The summed E-state index contributed by atoms with van der Waals surface area (Å²) in [7, 11) is 0. The molecule has 2 bridgehead atoms. The highest BCUT2D eigenvalue weighted by Crippen LogP contribution is 2.64. The van der Waals surface area contributed by atoms with E-state index in [-0.39, 0.29) is 28.9 Å². The quantitative estimate of drug-likeness (QED) is 0.607. The minimum Gasteiger partial charge on any atom is -0.303 e. The number of fused-ring (bicyclic) bond motifs is 2. The van der Waals surface area contributed by atoms with E-state index >= 15 is 0 Å². The van der Waals surface area contributed by atoms with E-state index in [4.69, 9.17) is 0 Å². The summed E-state index contributed by atoms with van der Waals surface area (Å²) in [5, 5.41) is 11.4. The van der Waals surface area contributed by atoms with Crippen LogP contribution >= 0.6 is 11.8 Å². The molecular formula is C21H24FN3O2S. The lowest BCUT2D eigenvalue weighted by molar-refractivity contribution is -0.118. The van der Waals surface area contributed by atoms with Crippen molar-refractivity contribution in [2.45, 2.75) is 51.7 Å². The average Bonchev–Trinajstić information content (AvgIpc) is 3.17. The van der Waals surface area contributed by atoms with Crippen LogP contribution in [0.1, 0.15) is 56.8 Å². The van der Waals surface area contributed by atoms with Crippen LogP contribution in [-0.4, -0.2) is 27.8 Å². The van der Waals surface area contributed by atoms with Gasteiger partial charge in [-0.05, 0) is 54.9 Å². The van der Waals surface area contributed by atoms with Crippen LogP contribution in [0.4, 0.5) is 4.39 Å². The van der Waals surface area contributed by atoms with Gasteiger partial charge in [0.25, 0.3) is 0 Å². The van der Waals surface area contributed by atoms with Crippen molar-refractivity contribution >= 4 is 34.3 Å². The molecule has 3 fully saturated rings. The standard InChI is InChI=1S/C21H24FN3O2S/c1-20(2)13-8-9-21(20,3)17(10-13)24-25-19-23-18(27)16(28-19)11-15(26)12-4-6-14(22)7-5-12/h4-7,13,16H,8-11H2,1-3H3,(H,23,25,27)/b24-17+/t13-,16+,21-/m1/s1. The van der Waals surface area contributed by atoms with Gasteiger partial charge in [0, 0.05) is 23.1 Å². The highest BCUT2D eigenvalue weighted by Gasteiger charge is 2.60. The smallest absolute Gasteiger partial charge is 0.240 e. The molecule has 0 radical (unpaired) electrons. The fraction of sp³-hybridized carbons (Fsp3) is 0.524. The largest absolute Gasteiger partial charge is 0.303 e. The van der Waals surface area contributed by atoms with Crippen molar-refractivity contribution in [3.63, 3.8) is 0 Å². The van der Waals surface area contributed by atoms with Crippen molar-refractivity contribution in [3.8, 4) is 0 Å². The second-order valence-electron chi connectivity index (χ2n) is 8.68. The second-order valence-corrected chi connectivity index (χ2v) is 9.87. The lowest BCUT2D eigenvalue weighted by Gasteiger charge is -2.34. The molecule has 1 saturated heterocycles. The van der Waals surface area contributed by atoms with E-state index in [0.717, 1.165) is 18.6 Å². The highest BCUT2D eigenvalue weighted by atomic mass is 32.2. The van der Waals surface area contributed by atoms with Crippen LogP contribution in [0, 0.1) is 22.6 Å². The summed E-state index contributed by atoms with van der Waals surface area (Å²) in [6.07, 6.45) is 3.37. The molecule has 2 aliphatic carbocycles. The van der Waals surface area contributed by atoms with E-state index in [9.17, 15) is 14.0 Å². The number of rotatable bonds is 4. The number of amidine groups is 1. The Morgan fingerprint density at radius 1 is 1.25 bits per heavy atom. The number of ketones is 1. The predicted molar refractivity (Wildman–Crippen MR) is 109 cm³/mol. The van der Waals surface area contributed by atoms with Gasteiger partial charge < -0.3 is 5.32 Å². The van der Waals surface area contributed by atoms with Crippen molar-refractivity contribution in [3.05, 3.63) is 35.6 Å². The average molecular weight is 402 g/mol. The molecule has 4 rings (SSSR count). The van der Waals surface area contributed by atoms with Crippen molar-refractivity contribution in [2.24, 2.45) is 27.0 Å². The van der Waals surface area contributed by atoms with Crippen LogP contribution in [0.5, 0.6) is 0 Å². The first-order chi connectivity index (χ1) is 13.2. The van der Waals surface area contributed by atoms with E-state index < -0.39 is 11.1 Å². The van der Waals surface area contributed by atoms with E-state index in [2.05, 4.69) is 36.3 Å². The van der Waals surface area contributed by atoms with Gasteiger partial charge in [-0.3, -0.25) is 9.59 Å². The number of Topliss-reactive ketones (excluding diaryl/α,β-unsaturated/α-hetero) is 1. The molecule has 1 amide bonds. The third kappa shape index (κ3) is 3.09. The number of carbonyl (C=O) groups is 2. The molecule has 1 aromatic carbocycles. The predicted octanol–water partition coefficient (Wildman–Crippen LogP) is 4.19. The van der Waals surface area contributed by atoms with E-state index in [1.165, 1.54) is 42.4 Å². The van der Waals surface area contributed by atoms with Crippen LogP contribution < -0.4 is 5.32 Å². The third-order valence-electron chi connectivity index (χ3n) is 7.09. The van der Waals surface area contributed by atoms with Gasteiger partial charge in [0.2, 0.25) is 5.91 Å². The van der Waals surface area contributed by atoms with E-state index in [1.807, 2.05) is 0 Å². The zero-order valence-electron chi connectivity index (χ0n) is 16.3. The Balaban J connectivity index is 1.44. The monoisotopic (exact) mass is 401 g/mol. The molecule has 0 unspecified atom stereocenters. The molecule has 0 spiro atoms. The molecule has 3 atom stereocenters. The third-order valence-corrected chi connectivity index (χ3v) is 8.16. The summed E-state index contributed by atoms with van der Waals surface area (Å²) in [6, 6.07) is 5.37. The number of carbonyl (C=O) groups excluding carboxylic acids is 2. The normalized spacial score (nSPS) is 33.6. The molecule has 7 heteroatoms. The maximum Gasteiger partial charge on any atom is 0.240 e. The Labute approximate surface area is 168 Å². The van der Waals surface area contributed by atoms with Crippen molar-refractivity contribution in [2.75, 3.05) is 0 Å². The number of benzene rings is 1. The van der Waals surface area contributed by atoms with Crippen LogP contribution in [0.3, 0.4) is 0 Å². The molecule has 3 aliphatic rings. The Kier molecular flexibility index (Phi) is 4.68. The molecule has 5 nitrogen and oxygen atoms in total. The van der Waals surface area contributed by atoms with Crippen LogP contribution in [0.25, 0.3) is 0 Å². The zero-order chi connectivity index (χ0) is 20.1. The van der Waals surface area contributed by atoms with E-state index in [0.29, 0.717) is 16.6 Å². The number of nitrogens with zero attached hydrogens (tertiary/aromatic N) is 2. The van der Waals surface area contributed by atoms with Gasteiger partial charge >= 0.3 is 0 Å². The lowest BCUT2D eigenvalue weighted by Crippen LogP contribution is -2.32. The molecule has 0 aromatic heterocycles. The Morgan fingerprint density at radius 3 is 2.57 bits per heavy atom. The number of amides is 1. The molecule has 1 N–H and O–H groups in total. The van der Waals surface area contributed by atoms with Gasteiger partial charge in [0.15, 0.2) is 11.0 Å². The summed E-state index contributed by atoms with van der Waals surface area (Å²) in [5.41, 5.74) is 1.80. The molecule has 148 valence electrons. The molecule has 2 saturated carbocycles. The van der Waals surface area contributed by atoms with Gasteiger partial charge in [-0.25, -0.2) is 4.39 Å². The summed E-state index contributed by atoms with van der Waals surface area (Å²) in [5.74, 6) is -0.180. The maximum atomic E-state index is 13.0. The van der Waals surface area contributed by atoms with Crippen LogP contribution in [0.2, 0.25) is 0 Å². The van der Waals surface area contributed by atoms with Gasteiger partial charge in [-0.15, -0.1) is 5.10 Å². The molecule has 28 heavy (non-hydrogen) atoms. The fourth-order valence-electron chi connectivity index (χ4n) is 4.69. The Hall–Kier alpha value is -2.02. The summed E-state index contributed by atoms with van der Waals surface area (Å²) >= 11 is 1.23. The topological polar surface area (TPSA) is 70.9 Å². The number of thioether (sulfide) groups is 1. The number of hydrogen-bond donors (Lipinski definition) is 1. The molecular weight excluding hydrogens is 377 g/mol. The molecule has 1 aliphatic heterocycles. The maximum absolute atomic E-state index is 13.0. The van der Waals surface area contributed by atoms with Gasteiger partial charge in [-0.1, -0.05) is 32.5 Å². The highest BCUT2D eigenvalue weighted by molar-refractivity contribution is 8.15. The first-order valence-corrected chi connectivity index (χ1v) is 10.5. The fourth-order valence-corrected chi connectivity index (χ4v) is 5.61. The molecule has 1 aromatic rings. The summed E-state index contributed by atoms with van der Waals surface area (Å²) < 4.78 is 13.0. The van der Waals surface area contributed by atoms with E-state index in [1.54, 1.807) is 0 Å². The molecule has 1 heterocycles. The van der Waals surface area contributed by atoms with Gasteiger partial charge in [0.1, 0.15) is 5.82 Å².